The van der Waals surface area contributed by atoms with Gasteiger partial charge in [0.05, 0.1) is 0 Å². The van der Waals surface area contributed by atoms with E-state index in [9.17, 15) is 4.39 Å². The first-order chi connectivity index (χ1) is 6.13. The van der Waals surface area contributed by atoms with Crippen LogP contribution in [-0.2, 0) is 6.42 Å². The van der Waals surface area contributed by atoms with Crippen LogP contribution in [0.2, 0.25) is 5.02 Å². The highest BCUT2D eigenvalue weighted by molar-refractivity contribution is 6.30. The maximum Gasteiger partial charge on any atom is 0.127 e. The molecule has 0 spiro atoms. The molecule has 0 amide bonds. The van der Waals surface area contributed by atoms with Crippen molar-refractivity contribution < 1.29 is 4.39 Å². The Hall–Kier alpha value is -0.640. The molecule has 72 valence electrons. The van der Waals surface area contributed by atoms with Crippen LogP contribution < -0.4 is 11.3 Å². The second-order valence-corrected chi connectivity index (χ2v) is 3.44. The number of hydrazine groups is 1. The minimum Gasteiger partial charge on any atom is -0.271 e. The zero-order valence-corrected chi connectivity index (χ0v) is 8.11. The SMILES string of the molecule is CC(Cc1ccc(Cl)cc1F)NN. The highest BCUT2D eigenvalue weighted by Gasteiger charge is 2.06. The van der Waals surface area contributed by atoms with Gasteiger partial charge < -0.3 is 0 Å². The van der Waals surface area contributed by atoms with Crippen molar-refractivity contribution >= 4 is 11.6 Å². The van der Waals surface area contributed by atoms with Crippen molar-refractivity contribution in [2.24, 2.45) is 5.84 Å². The van der Waals surface area contributed by atoms with Gasteiger partial charge in [0.15, 0.2) is 0 Å². The summed E-state index contributed by atoms with van der Waals surface area (Å²) in [5.74, 6) is 4.92. The maximum absolute atomic E-state index is 13.2. The summed E-state index contributed by atoms with van der Waals surface area (Å²) >= 11 is 5.61. The molecule has 0 fully saturated rings. The Labute approximate surface area is 81.9 Å². The van der Waals surface area contributed by atoms with Crippen LogP contribution in [0.25, 0.3) is 0 Å². The van der Waals surface area contributed by atoms with Crippen molar-refractivity contribution in [3.8, 4) is 0 Å². The van der Waals surface area contributed by atoms with Gasteiger partial charge in [-0.25, -0.2) is 4.39 Å². The lowest BCUT2D eigenvalue weighted by Crippen LogP contribution is -2.34. The smallest absolute Gasteiger partial charge is 0.127 e. The molecule has 0 aliphatic rings. The topological polar surface area (TPSA) is 38.0 Å². The highest BCUT2D eigenvalue weighted by atomic mass is 35.5. The molecule has 1 rings (SSSR count). The molecule has 2 nitrogen and oxygen atoms in total. The lowest BCUT2D eigenvalue weighted by Gasteiger charge is -2.10. The Morgan fingerprint density at radius 3 is 2.85 bits per heavy atom. The monoisotopic (exact) mass is 202 g/mol. The molecule has 0 saturated heterocycles. The van der Waals surface area contributed by atoms with Gasteiger partial charge in [0, 0.05) is 11.1 Å². The molecular weight excluding hydrogens is 191 g/mol. The summed E-state index contributed by atoms with van der Waals surface area (Å²) in [7, 11) is 0. The van der Waals surface area contributed by atoms with Gasteiger partial charge in [-0.2, -0.15) is 0 Å². The second kappa shape index (κ2) is 4.56. The molecule has 4 heteroatoms. The molecule has 0 saturated carbocycles. The van der Waals surface area contributed by atoms with E-state index in [-0.39, 0.29) is 11.9 Å². The lowest BCUT2D eigenvalue weighted by atomic mass is 10.1. The summed E-state index contributed by atoms with van der Waals surface area (Å²) in [6, 6.07) is 4.70. The van der Waals surface area contributed by atoms with Crippen LogP contribution in [0.1, 0.15) is 12.5 Å². The van der Waals surface area contributed by atoms with Crippen LogP contribution in [-0.4, -0.2) is 6.04 Å². The lowest BCUT2D eigenvalue weighted by molar-refractivity contribution is 0.541. The van der Waals surface area contributed by atoms with Crippen molar-refractivity contribution in [2.75, 3.05) is 0 Å². The number of nitrogens with two attached hydrogens (primary N) is 1. The third-order valence-electron chi connectivity index (χ3n) is 1.83. The Balaban J connectivity index is 2.77. The number of hydrogen-bond donors (Lipinski definition) is 2. The van der Waals surface area contributed by atoms with E-state index in [4.69, 9.17) is 17.4 Å². The fourth-order valence-electron chi connectivity index (χ4n) is 1.08. The maximum atomic E-state index is 13.2. The van der Waals surface area contributed by atoms with Crippen LogP contribution in [0, 0.1) is 5.82 Å². The summed E-state index contributed by atoms with van der Waals surface area (Å²) in [5, 5.41) is 0.412. The van der Waals surface area contributed by atoms with Crippen molar-refractivity contribution in [1.29, 1.82) is 0 Å². The van der Waals surface area contributed by atoms with E-state index >= 15 is 0 Å². The molecule has 0 heterocycles. The quantitative estimate of drug-likeness (QED) is 0.580. The van der Waals surface area contributed by atoms with Gasteiger partial charge >= 0.3 is 0 Å². The first kappa shape index (κ1) is 10.4. The average molecular weight is 203 g/mol. The first-order valence-electron chi connectivity index (χ1n) is 4.03. The Morgan fingerprint density at radius 1 is 1.62 bits per heavy atom. The molecule has 1 aromatic carbocycles. The Bertz CT molecular complexity index is 291. The number of hydrogen-bond acceptors (Lipinski definition) is 2. The van der Waals surface area contributed by atoms with Crippen molar-refractivity contribution in [2.45, 2.75) is 19.4 Å². The zero-order valence-electron chi connectivity index (χ0n) is 7.35. The molecule has 1 unspecified atom stereocenters. The van der Waals surface area contributed by atoms with Crippen molar-refractivity contribution in [1.82, 2.24) is 5.43 Å². The molecule has 1 atom stereocenters. The van der Waals surface area contributed by atoms with Gasteiger partial charge in [-0.05, 0) is 31.0 Å². The fourth-order valence-corrected chi connectivity index (χ4v) is 1.23. The third-order valence-corrected chi connectivity index (χ3v) is 2.06. The van der Waals surface area contributed by atoms with Crippen molar-refractivity contribution in [3.63, 3.8) is 0 Å². The van der Waals surface area contributed by atoms with Gasteiger partial charge in [0.1, 0.15) is 5.82 Å². The predicted octanol–water partition coefficient (Wildman–Crippen LogP) is 1.87. The fraction of sp³-hybridized carbons (Fsp3) is 0.333. The van der Waals surface area contributed by atoms with E-state index in [0.29, 0.717) is 17.0 Å². The normalized spacial score (nSPS) is 12.9. The molecule has 0 radical (unpaired) electrons. The predicted molar refractivity (Wildman–Crippen MR) is 51.9 cm³/mol. The van der Waals surface area contributed by atoms with Crippen LogP contribution in [0.3, 0.4) is 0 Å². The molecule has 3 N–H and O–H groups in total. The van der Waals surface area contributed by atoms with Crippen LogP contribution in [0.5, 0.6) is 0 Å². The molecule has 1 aromatic rings. The highest BCUT2D eigenvalue weighted by Crippen LogP contribution is 2.15. The molecule has 13 heavy (non-hydrogen) atoms. The minimum atomic E-state index is -0.283. The Kier molecular flexibility index (Phi) is 3.66. The van der Waals surface area contributed by atoms with Crippen LogP contribution in [0.4, 0.5) is 4.39 Å². The number of nitrogens with one attached hydrogen (secondary N) is 1. The van der Waals surface area contributed by atoms with Gasteiger partial charge in [-0.15, -0.1) is 0 Å². The zero-order chi connectivity index (χ0) is 9.84. The molecule has 0 bridgehead atoms. The van der Waals surface area contributed by atoms with E-state index in [1.54, 1.807) is 12.1 Å². The van der Waals surface area contributed by atoms with Gasteiger partial charge in [-0.1, -0.05) is 17.7 Å². The van der Waals surface area contributed by atoms with Crippen LogP contribution in [0.15, 0.2) is 18.2 Å². The van der Waals surface area contributed by atoms with E-state index in [1.807, 2.05) is 6.92 Å². The van der Waals surface area contributed by atoms with E-state index in [1.165, 1.54) is 6.07 Å². The molecule has 0 aliphatic heterocycles. The molecule has 0 aromatic heterocycles. The largest absolute Gasteiger partial charge is 0.271 e. The summed E-state index contributed by atoms with van der Waals surface area (Å²) in [6.45, 7) is 1.88. The third kappa shape index (κ3) is 2.95. The number of halogens is 2. The van der Waals surface area contributed by atoms with E-state index in [0.717, 1.165) is 0 Å². The standard InChI is InChI=1S/C9H12ClFN2/c1-6(13-12)4-7-2-3-8(10)5-9(7)11/h2-3,5-6,13H,4,12H2,1H3. The minimum absolute atomic E-state index is 0.0516. The summed E-state index contributed by atoms with van der Waals surface area (Å²) in [6.07, 6.45) is 0.555. The Morgan fingerprint density at radius 2 is 2.31 bits per heavy atom. The number of rotatable bonds is 3. The average Bonchev–Trinajstić information content (AvgIpc) is 2.09. The van der Waals surface area contributed by atoms with Gasteiger partial charge in [0.2, 0.25) is 0 Å². The van der Waals surface area contributed by atoms with Crippen LogP contribution >= 0.6 is 11.6 Å². The summed E-state index contributed by atoms with van der Waals surface area (Å²) < 4.78 is 13.2. The summed E-state index contributed by atoms with van der Waals surface area (Å²) in [5.41, 5.74) is 3.18. The van der Waals surface area contributed by atoms with E-state index < -0.39 is 0 Å². The number of benzene rings is 1. The van der Waals surface area contributed by atoms with Gasteiger partial charge in [0.25, 0.3) is 0 Å². The van der Waals surface area contributed by atoms with Gasteiger partial charge in [-0.3, -0.25) is 11.3 Å². The molecule has 0 aliphatic carbocycles. The van der Waals surface area contributed by atoms with E-state index in [2.05, 4.69) is 5.43 Å². The summed E-state index contributed by atoms with van der Waals surface area (Å²) in [4.78, 5) is 0. The second-order valence-electron chi connectivity index (χ2n) is 3.01. The first-order valence-corrected chi connectivity index (χ1v) is 4.41. The molecular formula is C9H12ClFN2. The van der Waals surface area contributed by atoms with Crippen molar-refractivity contribution in [3.05, 3.63) is 34.6 Å².